The fourth-order valence-corrected chi connectivity index (χ4v) is 2.23. The quantitative estimate of drug-likeness (QED) is 0.723. The second kappa shape index (κ2) is 6.43. The number of nitrogens with one attached hydrogen (secondary N) is 1. The zero-order valence-electron chi connectivity index (χ0n) is 11.0. The minimum atomic E-state index is -0.700. The number of hydrogen-bond acceptors (Lipinski definition) is 3. The van der Waals surface area contributed by atoms with Gasteiger partial charge >= 0.3 is 6.03 Å². The van der Waals surface area contributed by atoms with Gasteiger partial charge in [0.15, 0.2) is 0 Å². The van der Waals surface area contributed by atoms with Crippen molar-refractivity contribution in [3.63, 3.8) is 0 Å². The van der Waals surface area contributed by atoms with Crippen LogP contribution in [0.3, 0.4) is 0 Å². The van der Waals surface area contributed by atoms with Crippen molar-refractivity contribution in [2.75, 3.05) is 25.4 Å². The third kappa shape index (κ3) is 3.86. The average molecular weight is 263 g/mol. The fourth-order valence-electron chi connectivity index (χ4n) is 2.23. The molecule has 1 fully saturated rings. The van der Waals surface area contributed by atoms with E-state index in [1.807, 2.05) is 0 Å². The van der Waals surface area contributed by atoms with E-state index in [0.717, 1.165) is 31.5 Å². The van der Waals surface area contributed by atoms with Crippen molar-refractivity contribution in [3.05, 3.63) is 29.8 Å². The van der Waals surface area contributed by atoms with Crippen molar-refractivity contribution < 1.29 is 9.90 Å². The van der Waals surface area contributed by atoms with Crippen LogP contribution in [0.2, 0.25) is 0 Å². The second-order valence-corrected chi connectivity index (χ2v) is 4.92. The first kappa shape index (κ1) is 13.7. The Balaban J connectivity index is 1.80. The molecule has 0 saturated carbocycles. The van der Waals surface area contributed by atoms with E-state index in [1.54, 1.807) is 29.2 Å². The van der Waals surface area contributed by atoms with Crippen LogP contribution in [0.1, 0.15) is 30.9 Å². The van der Waals surface area contributed by atoms with Gasteiger partial charge in [-0.1, -0.05) is 12.1 Å². The van der Waals surface area contributed by atoms with Gasteiger partial charge in [-0.25, -0.2) is 4.79 Å². The van der Waals surface area contributed by atoms with Gasteiger partial charge in [-0.3, -0.25) is 0 Å². The van der Waals surface area contributed by atoms with Crippen LogP contribution in [0.4, 0.5) is 10.5 Å². The van der Waals surface area contributed by atoms with Crippen molar-refractivity contribution in [3.8, 4) is 0 Å². The van der Waals surface area contributed by atoms with Crippen LogP contribution in [0.5, 0.6) is 0 Å². The molecule has 1 aliphatic rings. The van der Waals surface area contributed by atoms with Crippen LogP contribution in [0, 0.1) is 0 Å². The Kier molecular flexibility index (Phi) is 4.63. The van der Waals surface area contributed by atoms with E-state index in [2.05, 4.69) is 5.32 Å². The molecule has 5 heteroatoms. The molecule has 0 aromatic heterocycles. The molecule has 0 aliphatic carbocycles. The SMILES string of the molecule is Nc1ccc(C(O)CNC(=O)N2CCCCC2)cc1. The zero-order chi connectivity index (χ0) is 13.7. The number of anilines is 1. The molecule has 1 heterocycles. The van der Waals surface area contributed by atoms with Gasteiger partial charge in [-0.05, 0) is 37.0 Å². The molecule has 1 unspecified atom stereocenters. The van der Waals surface area contributed by atoms with Crippen LogP contribution >= 0.6 is 0 Å². The molecule has 2 amide bonds. The average Bonchev–Trinajstić information content (AvgIpc) is 2.46. The lowest BCUT2D eigenvalue weighted by Gasteiger charge is -2.27. The van der Waals surface area contributed by atoms with Crippen LogP contribution in [0.25, 0.3) is 0 Å². The van der Waals surface area contributed by atoms with E-state index >= 15 is 0 Å². The summed E-state index contributed by atoms with van der Waals surface area (Å²) in [5.74, 6) is 0. The topological polar surface area (TPSA) is 78.6 Å². The first-order valence-corrected chi connectivity index (χ1v) is 6.73. The first-order chi connectivity index (χ1) is 9.16. The monoisotopic (exact) mass is 263 g/mol. The molecule has 1 atom stereocenters. The summed E-state index contributed by atoms with van der Waals surface area (Å²) in [5.41, 5.74) is 7.01. The summed E-state index contributed by atoms with van der Waals surface area (Å²) >= 11 is 0. The number of carbonyl (C=O) groups is 1. The molecule has 104 valence electrons. The van der Waals surface area contributed by atoms with Crippen molar-refractivity contribution in [2.45, 2.75) is 25.4 Å². The van der Waals surface area contributed by atoms with Crippen LogP contribution < -0.4 is 11.1 Å². The summed E-state index contributed by atoms with van der Waals surface area (Å²) in [5, 5.41) is 12.8. The largest absolute Gasteiger partial charge is 0.399 e. The Hall–Kier alpha value is -1.75. The molecule has 0 spiro atoms. The number of nitrogens with zero attached hydrogens (tertiary/aromatic N) is 1. The summed E-state index contributed by atoms with van der Waals surface area (Å²) < 4.78 is 0. The number of rotatable bonds is 3. The molecule has 1 saturated heterocycles. The predicted octanol–water partition coefficient (Wildman–Crippen LogP) is 1.50. The van der Waals surface area contributed by atoms with Gasteiger partial charge in [-0.15, -0.1) is 0 Å². The van der Waals surface area contributed by atoms with Gasteiger partial charge in [0.1, 0.15) is 0 Å². The standard InChI is InChI=1S/C14H21N3O2/c15-12-6-4-11(5-7-12)13(18)10-16-14(19)17-8-2-1-3-9-17/h4-7,13,18H,1-3,8-10,15H2,(H,16,19). The van der Waals surface area contributed by atoms with Crippen molar-refractivity contribution in [2.24, 2.45) is 0 Å². The highest BCUT2D eigenvalue weighted by Gasteiger charge is 2.17. The Labute approximate surface area is 113 Å². The van der Waals surface area contributed by atoms with Gasteiger partial charge in [-0.2, -0.15) is 0 Å². The molecular formula is C14H21N3O2. The van der Waals surface area contributed by atoms with Crippen LogP contribution in [0.15, 0.2) is 24.3 Å². The highest BCUT2D eigenvalue weighted by atomic mass is 16.3. The molecule has 4 N–H and O–H groups in total. The van der Waals surface area contributed by atoms with Crippen molar-refractivity contribution in [1.29, 1.82) is 0 Å². The summed E-state index contributed by atoms with van der Waals surface area (Å²) in [7, 11) is 0. The maximum atomic E-state index is 11.9. The highest BCUT2D eigenvalue weighted by Crippen LogP contribution is 2.14. The minimum absolute atomic E-state index is 0.0887. The van der Waals surface area contributed by atoms with Gasteiger partial charge in [0, 0.05) is 25.3 Å². The maximum Gasteiger partial charge on any atom is 0.317 e. The predicted molar refractivity (Wildman–Crippen MR) is 74.6 cm³/mol. The van der Waals surface area contributed by atoms with Crippen molar-refractivity contribution in [1.82, 2.24) is 10.2 Å². The van der Waals surface area contributed by atoms with Crippen LogP contribution in [-0.2, 0) is 0 Å². The van der Waals surface area contributed by atoms with Crippen molar-refractivity contribution >= 4 is 11.7 Å². The Morgan fingerprint density at radius 1 is 1.26 bits per heavy atom. The number of nitrogens with two attached hydrogens (primary N) is 1. The number of likely N-dealkylation sites (tertiary alicyclic amines) is 1. The van der Waals surface area contributed by atoms with E-state index in [1.165, 1.54) is 6.42 Å². The lowest BCUT2D eigenvalue weighted by atomic mass is 10.1. The molecule has 1 aromatic rings. The molecule has 0 bridgehead atoms. The first-order valence-electron chi connectivity index (χ1n) is 6.73. The number of nitrogen functional groups attached to an aromatic ring is 1. The van der Waals surface area contributed by atoms with E-state index in [9.17, 15) is 9.90 Å². The summed E-state index contributed by atoms with van der Waals surface area (Å²) in [4.78, 5) is 13.7. The third-order valence-electron chi connectivity index (χ3n) is 3.41. The van der Waals surface area contributed by atoms with Gasteiger partial charge in [0.2, 0.25) is 0 Å². The van der Waals surface area contributed by atoms with Crippen LogP contribution in [-0.4, -0.2) is 35.7 Å². The number of aliphatic hydroxyl groups excluding tert-OH is 1. The number of hydrogen-bond donors (Lipinski definition) is 3. The maximum absolute atomic E-state index is 11.9. The van der Waals surface area contributed by atoms with Gasteiger partial charge in [0.25, 0.3) is 0 Å². The number of amides is 2. The molecular weight excluding hydrogens is 242 g/mol. The summed E-state index contributed by atoms with van der Waals surface area (Å²) in [6.07, 6.45) is 2.62. The van der Waals surface area contributed by atoms with Gasteiger partial charge in [0.05, 0.1) is 6.10 Å². The molecule has 19 heavy (non-hydrogen) atoms. The normalized spacial score (nSPS) is 17.0. The number of benzene rings is 1. The van der Waals surface area contributed by atoms with E-state index in [-0.39, 0.29) is 12.6 Å². The van der Waals surface area contributed by atoms with E-state index < -0.39 is 6.10 Å². The summed E-state index contributed by atoms with van der Waals surface area (Å²) in [6, 6.07) is 6.94. The van der Waals surface area contributed by atoms with E-state index in [4.69, 9.17) is 5.73 Å². The second-order valence-electron chi connectivity index (χ2n) is 4.92. The summed E-state index contributed by atoms with van der Waals surface area (Å²) in [6.45, 7) is 1.84. The lowest BCUT2D eigenvalue weighted by molar-refractivity contribution is 0.157. The molecule has 1 aliphatic heterocycles. The Bertz CT molecular complexity index is 413. The number of aliphatic hydroxyl groups is 1. The molecule has 0 radical (unpaired) electrons. The highest BCUT2D eigenvalue weighted by molar-refractivity contribution is 5.74. The lowest BCUT2D eigenvalue weighted by Crippen LogP contribution is -2.44. The van der Waals surface area contributed by atoms with E-state index in [0.29, 0.717) is 5.69 Å². The number of urea groups is 1. The number of piperidine rings is 1. The Morgan fingerprint density at radius 2 is 1.89 bits per heavy atom. The molecule has 5 nitrogen and oxygen atoms in total. The minimum Gasteiger partial charge on any atom is -0.399 e. The third-order valence-corrected chi connectivity index (χ3v) is 3.41. The fraction of sp³-hybridized carbons (Fsp3) is 0.500. The Morgan fingerprint density at radius 3 is 2.53 bits per heavy atom. The molecule has 1 aromatic carbocycles. The molecule has 2 rings (SSSR count). The zero-order valence-corrected chi connectivity index (χ0v) is 11.0. The van der Waals surface area contributed by atoms with Gasteiger partial charge < -0.3 is 21.1 Å². The smallest absolute Gasteiger partial charge is 0.317 e. The number of carbonyl (C=O) groups excluding carboxylic acids is 1.